The predicted octanol–water partition coefficient (Wildman–Crippen LogP) is 5.64. The molecule has 1 N–H and O–H groups in total. The fourth-order valence-corrected chi connectivity index (χ4v) is 6.26. The molecule has 6 nitrogen and oxygen atoms in total. The zero-order chi connectivity index (χ0) is 22.9. The third-order valence-electron chi connectivity index (χ3n) is 4.69. The van der Waals surface area contributed by atoms with Gasteiger partial charge in [-0.15, -0.1) is 23.5 Å². The van der Waals surface area contributed by atoms with Crippen LogP contribution in [0.1, 0.15) is 36.0 Å². The van der Waals surface area contributed by atoms with Gasteiger partial charge in [-0.1, -0.05) is 19.1 Å². The summed E-state index contributed by atoms with van der Waals surface area (Å²) in [4.78, 5) is 12.1. The van der Waals surface area contributed by atoms with E-state index in [9.17, 15) is 4.79 Å². The number of nitrogens with one attached hydrogen (secondary N) is 1. The quantitative estimate of drug-likeness (QED) is 0.311. The van der Waals surface area contributed by atoms with Crippen LogP contribution in [0.4, 0.5) is 0 Å². The molecule has 32 heavy (non-hydrogen) atoms. The van der Waals surface area contributed by atoms with Crippen LogP contribution >= 0.6 is 39.5 Å². The van der Waals surface area contributed by atoms with Crippen molar-refractivity contribution in [1.29, 1.82) is 0 Å². The van der Waals surface area contributed by atoms with Crippen LogP contribution in [0, 0.1) is 0 Å². The number of halogens is 1. The number of carbonyl (C=O) groups excluding carboxylic acids is 1. The van der Waals surface area contributed by atoms with Gasteiger partial charge >= 0.3 is 0 Å². The van der Waals surface area contributed by atoms with E-state index >= 15 is 0 Å². The number of hydrogen-bond donors (Lipinski definition) is 1. The molecule has 2 aromatic rings. The summed E-state index contributed by atoms with van der Waals surface area (Å²) >= 11 is 7.43. The van der Waals surface area contributed by atoms with Gasteiger partial charge < -0.3 is 14.2 Å². The number of benzene rings is 2. The fourth-order valence-electron chi connectivity index (χ4n) is 2.85. The number of amides is 1. The second-order valence-electron chi connectivity index (χ2n) is 7.10. The highest BCUT2D eigenvalue weighted by atomic mass is 79.9. The molecule has 0 unspecified atom stereocenters. The molecule has 0 bridgehead atoms. The van der Waals surface area contributed by atoms with E-state index in [1.54, 1.807) is 19.4 Å². The Morgan fingerprint density at radius 2 is 2.00 bits per heavy atom. The molecule has 1 amide bonds. The molecule has 2 aromatic carbocycles. The van der Waals surface area contributed by atoms with Gasteiger partial charge in [-0.25, -0.2) is 5.43 Å². The lowest BCUT2D eigenvalue weighted by Gasteiger charge is -2.17. The number of hydrogen-bond acceptors (Lipinski definition) is 7. The highest BCUT2D eigenvalue weighted by molar-refractivity contribution is 9.10. The molecule has 1 heterocycles. The van der Waals surface area contributed by atoms with Gasteiger partial charge in [0.1, 0.15) is 5.75 Å². The van der Waals surface area contributed by atoms with Crippen molar-refractivity contribution in [3.8, 4) is 17.2 Å². The minimum Gasteiger partial charge on any atom is -0.493 e. The van der Waals surface area contributed by atoms with E-state index in [1.807, 2.05) is 48.6 Å². The zero-order valence-corrected chi connectivity index (χ0v) is 21.5. The van der Waals surface area contributed by atoms with Gasteiger partial charge in [0.05, 0.1) is 28.5 Å². The van der Waals surface area contributed by atoms with Crippen LogP contribution in [0.15, 0.2) is 46.0 Å². The summed E-state index contributed by atoms with van der Waals surface area (Å²) < 4.78 is 18.2. The Morgan fingerprint density at radius 3 is 2.66 bits per heavy atom. The first kappa shape index (κ1) is 24.8. The molecule has 0 spiro atoms. The van der Waals surface area contributed by atoms with Crippen LogP contribution in [0.5, 0.6) is 17.2 Å². The number of hydrazone groups is 1. The third kappa shape index (κ3) is 7.08. The van der Waals surface area contributed by atoms with E-state index < -0.39 is 0 Å². The minimum atomic E-state index is -0.338. The maximum atomic E-state index is 12.1. The lowest BCUT2D eigenvalue weighted by atomic mass is 10.2. The molecule has 9 heteroatoms. The fraction of sp³-hybridized carbons (Fsp3) is 0.391. The first-order chi connectivity index (χ1) is 15.5. The number of methoxy groups -OCH3 is 1. The molecule has 1 saturated heterocycles. The van der Waals surface area contributed by atoms with Crippen LogP contribution in [0.25, 0.3) is 0 Å². The van der Waals surface area contributed by atoms with Gasteiger partial charge in [0.15, 0.2) is 18.1 Å². The Bertz CT molecular complexity index is 934. The second-order valence-corrected chi connectivity index (χ2v) is 10.7. The Hall–Kier alpha value is -1.84. The lowest BCUT2D eigenvalue weighted by Crippen LogP contribution is -2.24. The highest BCUT2D eigenvalue weighted by Crippen LogP contribution is 2.45. The lowest BCUT2D eigenvalue weighted by molar-refractivity contribution is -0.123. The standard InChI is InChI=1S/C23H27BrN2O4S2/c1-4-15(2)30-22-19(24)11-16(12-20(22)28-3)13-25-26-21(27)14-29-18-7-5-17(6-8-18)23-31-9-10-32-23/h5-8,11-13,15,23H,4,9-10,14H2,1-3H3,(H,26,27)/b25-13-/t15-/m1/s1. The summed E-state index contributed by atoms with van der Waals surface area (Å²) in [6.07, 6.45) is 2.50. The number of carbonyl (C=O) groups is 1. The summed E-state index contributed by atoms with van der Waals surface area (Å²) in [5, 5.41) is 4.02. The van der Waals surface area contributed by atoms with E-state index in [1.165, 1.54) is 17.1 Å². The summed E-state index contributed by atoms with van der Waals surface area (Å²) in [6.45, 7) is 3.95. The van der Waals surface area contributed by atoms with Crippen molar-refractivity contribution >= 4 is 51.6 Å². The second kappa shape index (κ2) is 12.4. The van der Waals surface area contributed by atoms with E-state index in [-0.39, 0.29) is 18.6 Å². The van der Waals surface area contributed by atoms with Crippen molar-refractivity contribution in [2.45, 2.75) is 31.0 Å². The van der Waals surface area contributed by atoms with E-state index in [4.69, 9.17) is 14.2 Å². The van der Waals surface area contributed by atoms with Crippen molar-refractivity contribution in [3.63, 3.8) is 0 Å². The molecular weight excluding hydrogens is 512 g/mol. The van der Waals surface area contributed by atoms with E-state index in [2.05, 4.69) is 45.5 Å². The number of rotatable bonds is 10. The Balaban J connectivity index is 1.50. The molecule has 1 fully saturated rings. The van der Waals surface area contributed by atoms with Gasteiger partial charge in [-0.05, 0) is 64.7 Å². The monoisotopic (exact) mass is 538 g/mol. The summed E-state index contributed by atoms with van der Waals surface area (Å²) in [7, 11) is 1.59. The van der Waals surface area contributed by atoms with Gasteiger partial charge in [0, 0.05) is 11.5 Å². The SMILES string of the molecule is CC[C@@H](C)Oc1c(Br)cc(/C=N\NC(=O)COc2ccc(C3SCCS3)cc2)cc1OC. The van der Waals surface area contributed by atoms with Crippen molar-refractivity contribution in [2.75, 3.05) is 25.2 Å². The smallest absolute Gasteiger partial charge is 0.277 e. The first-order valence-corrected chi connectivity index (χ1v) is 13.2. The Morgan fingerprint density at radius 1 is 1.28 bits per heavy atom. The van der Waals surface area contributed by atoms with Crippen molar-refractivity contribution in [2.24, 2.45) is 5.10 Å². The summed E-state index contributed by atoms with van der Waals surface area (Å²) in [5.74, 6) is 3.93. The molecule has 0 aliphatic carbocycles. The van der Waals surface area contributed by atoms with Crippen molar-refractivity contribution in [3.05, 3.63) is 52.0 Å². The molecular formula is C23H27BrN2O4S2. The van der Waals surface area contributed by atoms with Crippen LogP contribution in [-0.4, -0.2) is 43.4 Å². The number of nitrogens with zero attached hydrogens (tertiary/aromatic N) is 1. The van der Waals surface area contributed by atoms with Crippen LogP contribution in [0.2, 0.25) is 0 Å². The average molecular weight is 540 g/mol. The maximum Gasteiger partial charge on any atom is 0.277 e. The molecule has 0 radical (unpaired) electrons. The van der Waals surface area contributed by atoms with Gasteiger partial charge in [-0.3, -0.25) is 4.79 Å². The molecule has 0 saturated carbocycles. The molecule has 1 aliphatic rings. The van der Waals surface area contributed by atoms with Crippen LogP contribution in [0.3, 0.4) is 0 Å². The van der Waals surface area contributed by atoms with Crippen molar-refractivity contribution in [1.82, 2.24) is 5.43 Å². The summed E-state index contributed by atoms with van der Waals surface area (Å²) in [5.41, 5.74) is 4.52. The normalized spacial score (nSPS) is 15.0. The molecule has 1 aliphatic heterocycles. The average Bonchev–Trinajstić information content (AvgIpc) is 3.34. The predicted molar refractivity (Wildman–Crippen MR) is 136 cm³/mol. The minimum absolute atomic E-state index is 0.0655. The Labute approximate surface area is 206 Å². The molecule has 172 valence electrons. The van der Waals surface area contributed by atoms with Crippen LogP contribution < -0.4 is 19.6 Å². The van der Waals surface area contributed by atoms with Crippen molar-refractivity contribution < 1.29 is 19.0 Å². The third-order valence-corrected chi connectivity index (χ3v) is 8.39. The Kier molecular flexibility index (Phi) is 9.62. The first-order valence-electron chi connectivity index (χ1n) is 10.3. The topological polar surface area (TPSA) is 69.2 Å². The van der Waals surface area contributed by atoms with Gasteiger partial charge in [0.2, 0.25) is 0 Å². The molecule has 1 atom stereocenters. The molecule has 0 aromatic heterocycles. The van der Waals surface area contributed by atoms with Gasteiger partial charge in [0.25, 0.3) is 5.91 Å². The largest absolute Gasteiger partial charge is 0.493 e. The number of thioether (sulfide) groups is 2. The summed E-state index contributed by atoms with van der Waals surface area (Å²) in [6, 6.07) is 11.6. The van der Waals surface area contributed by atoms with Crippen LogP contribution in [-0.2, 0) is 4.79 Å². The zero-order valence-electron chi connectivity index (χ0n) is 18.3. The highest BCUT2D eigenvalue weighted by Gasteiger charge is 2.18. The van der Waals surface area contributed by atoms with E-state index in [0.717, 1.165) is 16.5 Å². The van der Waals surface area contributed by atoms with Gasteiger partial charge in [-0.2, -0.15) is 5.10 Å². The number of ether oxygens (including phenoxy) is 3. The van der Waals surface area contributed by atoms with E-state index in [0.29, 0.717) is 21.8 Å². The molecule has 3 rings (SSSR count). The maximum absolute atomic E-state index is 12.1.